The predicted octanol–water partition coefficient (Wildman–Crippen LogP) is 3.99. The standard InChI is InChI=1S/C22H18O2/c1-23-15-7-13-21-17-9-3-5-11-19(17)22(14-8-16-24-2)20-12-6-4-10-18(20)21/h3-6,9-12H,15-16H2,1-2H3. The first kappa shape index (κ1) is 16.1. The van der Waals surface area contributed by atoms with Gasteiger partial charge in [-0.05, 0) is 21.5 Å². The van der Waals surface area contributed by atoms with Crippen LogP contribution in [0, 0.1) is 23.7 Å². The quantitative estimate of drug-likeness (QED) is 0.526. The molecule has 0 bridgehead atoms. The number of ether oxygens (including phenoxy) is 2. The molecule has 0 amide bonds. The summed E-state index contributed by atoms with van der Waals surface area (Å²) in [5.74, 6) is 12.7. The average Bonchev–Trinajstić information content (AvgIpc) is 2.63. The Bertz CT molecular complexity index is 856. The molecule has 0 atom stereocenters. The minimum absolute atomic E-state index is 0.415. The Hall–Kier alpha value is -2.78. The van der Waals surface area contributed by atoms with Crippen LogP contribution in [0.5, 0.6) is 0 Å². The lowest BCUT2D eigenvalue weighted by Gasteiger charge is -2.10. The molecule has 24 heavy (non-hydrogen) atoms. The first-order valence-corrected chi connectivity index (χ1v) is 7.76. The lowest BCUT2D eigenvalue weighted by atomic mass is 9.92. The molecule has 3 aromatic carbocycles. The number of benzene rings is 3. The molecule has 0 radical (unpaired) electrons. The Kier molecular flexibility index (Phi) is 5.14. The van der Waals surface area contributed by atoms with Crippen LogP contribution < -0.4 is 0 Å². The van der Waals surface area contributed by atoms with Crippen molar-refractivity contribution in [2.45, 2.75) is 0 Å². The SMILES string of the molecule is COCC#Cc1c2ccccc2c(C#CCOC)c2ccccc12. The highest BCUT2D eigenvalue weighted by molar-refractivity contribution is 6.09. The molecule has 118 valence electrons. The van der Waals surface area contributed by atoms with E-state index in [-0.39, 0.29) is 0 Å². The molecule has 0 heterocycles. The number of hydrogen-bond acceptors (Lipinski definition) is 2. The highest BCUT2D eigenvalue weighted by Crippen LogP contribution is 2.32. The van der Waals surface area contributed by atoms with Gasteiger partial charge in [-0.1, -0.05) is 72.2 Å². The van der Waals surface area contributed by atoms with Gasteiger partial charge < -0.3 is 9.47 Å². The van der Waals surface area contributed by atoms with E-state index >= 15 is 0 Å². The summed E-state index contributed by atoms with van der Waals surface area (Å²) in [7, 11) is 3.30. The van der Waals surface area contributed by atoms with Crippen LogP contribution in [0.2, 0.25) is 0 Å². The molecule has 0 spiro atoms. The second-order valence-corrected chi connectivity index (χ2v) is 5.31. The maximum atomic E-state index is 5.07. The molecule has 2 heteroatoms. The highest BCUT2D eigenvalue weighted by atomic mass is 16.5. The van der Waals surface area contributed by atoms with Gasteiger partial charge in [-0.3, -0.25) is 0 Å². The zero-order chi connectivity index (χ0) is 16.8. The van der Waals surface area contributed by atoms with Crippen molar-refractivity contribution >= 4 is 21.5 Å². The zero-order valence-corrected chi connectivity index (χ0v) is 13.8. The van der Waals surface area contributed by atoms with Crippen LogP contribution in [0.15, 0.2) is 48.5 Å². The molecule has 0 N–H and O–H groups in total. The summed E-state index contributed by atoms with van der Waals surface area (Å²) in [6, 6.07) is 16.5. The molecule has 2 nitrogen and oxygen atoms in total. The van der Waals surface area contributed by atoms with Crippen LogP contribution in [0.4, 0.5) is 0 Å². The monoisotopic (exact) mass is 314 g/mol. The van der Waals surface area contributed by atoms with E-state index in [1.165, 1.54) is 0 Å². The first-order valence-electron chi connectivity index (χ1n) is 7.76. The molecule has 3 rings (SSSR count). The van der Waals surface area contributed by atoms with Gasteiger partial charge in [0.05, 0.1) is 0 Å². The number of fused-ring (bicyclic) bond motifs is 2. The minimum Gasteiger partial charge on any atom is -0.372 e. The fraction of sp³-hybridized carbons (Fsp3) is 0.182. The van der Waals surface area contributed by atoms with Gasteiger partial charge >= 0.3 is 0 Å². The summed E-state index contributed by atoms with van der Waals surface area (Å²) < 4.78 is 10.1. The van der Waals surface area contributed by atoms with E-state index in [0.29, 0.717) is 13.2 Å². The Labute approximate surface area is 142 Å². The second kappa shape index (κ2) is 7.66. The maximum Gasteiger partial charge on any atom is 0.107 e. The van der Waals surface area contributed by atoms with Crippen molar-refractivity contribution < 1.29 is 9.47 Å². The summed E-state index contributed by atoms with van der Waals surface area (Å²) in [6.07, 6.45) is 0. The van der Waals surface area contributed by atoms with Gasteiger partial charge in [-0.25, -0.2) is 0 Å². The van der Waals surface area contributed by atoms with E-state index in [2.05, 4.69) is 47.9 Å². The van der Waals surface area contributed by atoms with Gasteiger partial charge in [0, 0.05) is 25.3 Å². The van der Waals surface area contributed by atoms with Crippen LogP contribution in [-0.2, 0) is 9.47 Å². The van der Waals surface area contributed by atoms with Gasteiger partial charge in [0.15, 0.2) is 0 Å². The van der Waals surface area contributed by atoms with Gasteiger partial charge in [0.25, 0.3) is 0 Å². The summed E-state index contributed by atoms with van der Waals surface area (Å²) in [4.78, 5) is 0. The van der Waals surface area contributed by atoms with Gasteiger partial charge in [-0.15, -0.1) is 0 Å². The largest absolute Gasteiger partial charge is 0.372 e. The Morgan fingerprint density at radius 1 is 0.625 bits per heavy atom. The predicted molar refractivity (Wildman–Crippen MR) is 99.0 cm³/mol. The van der Waals surface area contributed by atoms with Crippen molar-refractivity contribution in [2.24, 2.45) is 0 Å². The molecule has 0 aliphatic rings. The van der Waals surface area contributed by atoms with Crippen LogP contribution in [0.25, 0.3) is 21.5 Å². The Balaban J connectivity index is 2.38. The summed E-state index contributed by atoms with van der Waals surface area (Å²) in [5, 5.41) is 4.45. The smallest absolute Gasteiger partial charge is 0.107 e. The molecule has 3 aromatic rings. The lowest BCUT2D eigenvalue weighted by Crippen LogP contribution is -1.91. The van der Waals surface area contributed by atoms with Crippen LogP contribution in [0.1, 0.15) is 11.1 Å². The van der Waals surface area contributed by atoms with Crippen molar-refractivity contribution in [3.8, 4) is 23.7 Å². The van der Waals surface area contributed by atoms with Crippen LogP contribution >= 0.6 is 0 Å². The fourth-order valence-corrected chi connectivity index (χ4v) is 2.79. The molecule has 0 saturated carbocycles. The number of hydrogen-bond donors (Lipinski definition) is 0. The molecular formula is C22H18O2. The second-order valence-electron chi connectivity index (χ2n) is 5.31. The summed E-state index contributed by atoms with van der Waals surface area (Å²) in [5.41, 5.74) is 2.05. The topological polar surface area (TPSA) is 18.5 Å². The van der Waals surface area contributed by atoms with Gasteiger partial charge in [0.1, 0.15) is 13.2 Å². The lowest BCUT2D eigenvalue weighted by molar-refractivity contribution is 0.239. The summed E-state index contributed by atoms with van der Waals surface area (Å²) in [6.45, 7) is 0.829. The van der Waals surface area contributed by atoms with Crippen molar-refractivity contribution in [3.63, 3.8) is 0 Å². The normalized spacial score (nSPS) is 10.1. The van der Waals surface area contributed by atoms with E-state index in [9.17, 15) is 0 Å². The van der Waals surface area contributed by atoms with E-state index < -0.39 is 0 Å². The average molecular weight is 314 g/mol. The minimum atomic E-state index is 0.415. The number of methoxy groups -OCH3 is 2. The molecule has 0 aliphatic carbocycles. The highest BCUT2D eigenvalue weighted by Gasteiger charge is 2.10. The maximum absolute atomic E-state index is 5.07. The number of rotatable bonds is 2. The van der Waals surface area contributed by atoms with Crippen LogP contribution in [-0.4, -0.2) is 27.4 Å². The van der Waals surface area contributed by atoms with Crippen molar-refractivity contribution in [2.75, 3.05) is 27.4 Å². The van der Waals surface area contributed by atoms with Gasteiger partial charge in [-0.2, -0.15) is 0 Å². The Morgan fingerprint density at radius 2 is 0.958 bits per heavy atom. The van der Waals surface area contributed by atoms with Gasteiger partial charge in [0.2, 0.25) is 0 Å². The summed E-state index contributed by atoms with van der Waals surface area (Å²) >= 11 is 0. The third-order valence-corrected chi connectivity index (χ3v) is 3.79. The van der Waals surface area contributed by atoms with Crippen LogP contribution in [0.3, 0.4) is 0 Å². The van der Waals surface area contributed by atoms with E-state index in [1.54, 1.807) is 14.2 Å². The molecule has 0 saturated heterocycles. The molecule has 0 aliphatic heterocycles. The first-order chi connectivity index (χ1) is 11.9. The molecular weight excluding hydrogens is 296 g/mol. The van der Waals surface area contributed by atoms with E-state index in [4.69, 9.17) is 9.47 Å². The molecule has 0 unspecified atom stereocenters. The third kappa shape index (κ3) is 3.12. The van der Waals surface area contributed by atoms with Crippen molar-refractivity contribution in [1.82, 2.24) is 0 Å². The zero-order valence-electron chi connectivity index (χ0n) is 13.8. The Morgan fingerprint density at radius 3 is 1.25 bits per heavy atom. The van der Waals surface area contributed by atoms with Crippen molar-refractivity contribution in [1.29, 1.82) is 0 Å². The third-order valence-electron chi connectivity index (χ3n) is 3.79. The van der Waals surface area contributed by atoms with E-state index in [1.807, 2.05) is 24.3 Å². The molecule has 0 aromatic heterocycles. The fourth-order valence-electron chi connectivity index (χ4n) is 2.79. The van der Waals surface area contributed by atoms with Crippen molar-refractivity contribution in [3.05, 3.63) is 59.7 Å². The van der Waals surface area contributed by atoms with E-state index in [0.717, 1.165) is 32.7 Å². The molecule has 0 fully saturated rings.